The molecular weight excluding hydrogens is 348 g/mol. The number of esters is 1. The molecule has 1 aliphatic rings. The molecule has 0 spiro atoms. The molecule has 0 fully saturated rings. The predicted octanol–water partition coefficient (Wildman–Crippen LogP) is 5.76. The van der Waals surface area contributed by atoms with Crippen molar-refractivity contribution < 1.29 is 9.53 Å². The summed E-state index contributed by atoms with van der Waals surface area (Å²) in [5.41, 5.74) is 6.52. The second-order valence-electron chi connectivity index (χ2n) is 9.07. The SMILES string of the molecule is CCOC(=O)c1ccc2nc(-c3ccc4c(c3)C(C)(C)CCC4(C)C)[nH]c2c1. The van der Waals surface area contributed by atoms with E-state index in [1.807, 2.05) is 19.1 Å². The predicted molar refractivity (Wildman–Crippen MR) is 113 cm³/mol. The summed E-state index contributed by atoms with van der Waals surface area (Å²) >= 11 is 0. The molecule has 0 bridgehead atoms. The van der Waals surface area contributed by atoms with Crippen molar-refractivity contribution >= 4 is 17.0 Å². The lowest BCUT2D eigenvalue weighted by Crippen LogP contribution is -2.33. The number of hydrogen-bond acceptors (Lipinski definition) is 3. The lowest BCUT2D eigenvalue weighted by atomic mass is 9.63. The third kappa shape index (κ3) is 3.11. The van der Waals surface area contributed by atoms with E-state index < -0.39 is 0 Å². The Morgan fingerprint density at radius 2 is 1.75 bits per heavy atom. The molecule has 0 radical (unpaired) electrons. The molecule has 1 N–H and O–H groups in total. The van der Waals surface area contributed by atoms with Crippen LogP contribution in [0, 0.1) is 0 Å². The third-order valence-corrected chi connectivity index (χ3v) is 6.12. The first-order chi connectivity index (χ1) is 13.2. The van der Waals surface area contributed by atoms with Gasteiger partial charge < -0.3 is 9.72 Å². The van der Waals surface area contributed by atoms with Crippen LogP contribution in [0.2, 0.25) is 0 Å². The number of imidazole rings is 1. The number of nitrogens with one attached hydrogen (secondary N) is 1. The van der Waals surface area contributed by atoms with E-state index in [1.165, 1.54) is 24.0 Å². The Morgan fingerprint density at radius 1 is 1.04 bits per heavy atom. The summed E-state index contributed by atoms with van der Waals surface area (Å²) in [4.78, 5) is 20.1. The minimum Gasteiger partial charge on any atom is -0.462 e. The number of aromatic nitrogens is 2. The number of rotatable bonds is 3. The van der Waals surface area contributed by atoms with Gasteiger partial charge in [-0.25, -0.2) is 9.78 Å². The average molecular weight is 377 g/mol. The van der Waals surface area contributed by atoms with Crippen LogP contribution in [0.25, 0.3) is 22.4 Å². The van der Waals surface area contributed by atoms with Gasteiger partial charge in [-0.3, -0.25) is 0 Å². The summed E-state index contributed by atoms with van der Waals surface area (Å²) in [6, 6.07) is 12.2. The summed E-state index contributed by atoms with van der Waals surface area (Å²) in [7, 11) is 0. The summed E-state index contributed by atoms with van der Waals surface area (Å²) < 4.78 is 5.10. The molecule has 1 heterocycles. The van der Waals surface area contributed by atoms with E-state index in [0.717, 1.165) is 22.4 Å². The number of benzene rings is 2. The number of fused-ring (bicyclic) bond motifs is 2. The number of hydrogen-bond donors (Lipinski definition) is 1. The van der Waals surface area contributed by atoms with Crippen molar-refractivity contribution in [1.29, 1.82) is 0 Å². The van der Waals surface area contributed by atoms with Gasteiger partial charge in [0.25, 0.3) is 0 Å². The molecule has 0 unspecified atom stereocenters. The Morgan fingerprint density at radius 3 is 2.46 bits per heavy atom. The van der Waals surface area contributed by atoms with Gasteiger partial charge >= 0.3 is 5.97 Å². The van der Waals surface area contributed by atoms with E-state index in [9.17, 15) is 4.79 Å². The monoisotopic (exact) mass is 376 g/mol. The van der Waals surface area contributed by atoms with Crippen LogP contribution in [0.4, 0.5) is 0 Å². The van der Waals surface area contributed by atoms with E-state index in [0.29, 0.717) is 12.2 Å². The van der Waals surface area contributed by atoms with Gasteiger partial charge in [0.2, 0.25) is 0 Å². The Bertz CT molecular complexity index is 1060. The number of carbonyl (C=O) groups is 1. The molecule has 1 aliphatic carbocycles. The highest BCUT2D eigenvalue weighted by Gasteiger charge is 2.37. The van der Waals surface area contributed by atoms with Gasteiger partial charge in [-0.15, -0.1) is 0 Å². The molecule has 0 amide bonds. The zero-order chi connectivity index (χ0) is 20.1. The third-order valence-electron chi connectivity index (χ3n) is 6.12. The van der Waals surface area contributed by atoms with Crippen LogP contribution in [-0.2, 0) is 15.6 Å². The number of carbonyl (C=O) groups excluding carboxylic acids is 1. The van der Waals surface area contributed by atoms with E-state index in [1.54, 1.807) is 6.07 Å². The fraction of sp³-hybridized carbons (Fsp3) is 0.417. The van der Waals surface area contributed by atoms with Crippen LogP contribution < -0.4 is 0 Å². The number of H-pyrrole nitrogens is 1. The molecule has 28 heavy (non-hydrogen) atoms. The largest absolute Gasteiger partial charge is 0.462 e. The Kier molecular flexibility index (Phi) is 4.33. The van der Waals surface area contributed by atoms with E-state index in [2.05, 4.69) is 50.9 Å². The summed E-state index contributed by atoms with van der Waals surface area (Å²) in [6.45, 7) is 11.5. The maximum absolute atomic E-state index is 12.0. The van der Waals surface area contributed by atoms with E-state index in [4.69, 9.17) is 9.72 Å². The molecule has 0 aliphatic heterocycles. The molecule has 0 saturated carbocycles. The number of ether oxygens (including phenoxy) is 1. The molecule has 2 aromatic carbocycles. The van der Waals surface area contributed by atoms with Gasteiger partial charge in [0.1, 0.15) is 5.82 Å². The average Bonchev–Trinajstić information content (AvgIpc) is 3.09. The van der Waals surface area contributed by atoms with Gasteiger partial charge in [0.05, 0.1) is 23.2 Å². The lowest BCUT2D eigenvalue weighted by molar-refractivity contribution is 0.0526. The van der Waals surface area contributed by atoms with Crippen molar-refractivity contribution in [1.82, 2.24) is 9.97 Å². The van der Waals surface area contributed by atoms with Crippen molar-refractivity contribution in [2.24, 2.45) is 0 Å². The zero-order valence-corrected chi connectivity index (χ0v) is 17.3. The minimum atomic E-state index is -0.307. The highest BCUT2D eigenvalue weighted by Crippen LogP contribution is 2.46. The van der Waals surface area contributed by atoms with Crippen LogP contribution in [0.1, 0.15) is 68.9 Å². The van der Waals surface area contributed by atoms with Gasteiger partial charge in [-0.1, -0.05) is 39.8 Å². The summed E-state index contributed by atoms with van der Waals surface area (Å²) in [6.07, 6.45) is 2.38. The quantitative estimate of drug-likeness (QED) is 0.592. The lowest BCUT2D eigenvalue weighted by Gasteiger charge is -2.42. The Labute approximate surface area is 166 Å². The van der Waals surface area contributed by atoms with Gasteiger partial charge in [0.15, 0.2) is 0 Å². The maximum Gasteiger partial charge on any atom is 0.338 e. The highest BCUT2D eigenvalue weighted by molar-refractivity contribution is 5.94. The van der Waals surface area contributed by atoms with Crippen molar-refractivity contribution in [3.8, 4) is 11.4 Å². The first-order valence-electron chi connectivity index (χ1n) is 10.0. The Hall–Kier alpha value is -2.62. The molecule has 0 atom stereocenters. The topological polar surface area (TPSA) is 55.0 Å². The normalized spacial score (nSPS) is 17.3. The molecule has 4 nitrogen and oxygen atoms in total. The fourth-order valence-electron chi connectivity index (χ4n) is 4.22. The second kappa shape index (κ2) is 6.47. The molecule has 4 heteroatoms. The number of nitrogens with zero attached hydrogens (tertiary/aromatic N) is 1. The molecule has 0 saturated heterocycles. The van der Waals surface area contributed by atoms with Crippen molar-refractivity contribution in [2.75, 3.05) is 6.61 Å². The molecule has 1 aromatic heterocycles. The summed E-state index contributed by atoms with van der Waals surface area (Å²) in [5.74, 6) is 0.524. The second-order valence-corrected chi connectivity index (χ2v) is 9.07. The van der Waals surface area contributed by atoms with E-state index >= 15 is 0 Å². The van der Waals surface area contributed by atoms with Crippen molar-refractivity contribution in [2.45, 2.75) is 58.3 Å². The van der Waals surface area contributed by atoms with Crippen LogP contribution in [-0.4, -0.2) is 22.5 Å². The minimum absolute atomic E-state index is 0.157. The molecule has 146 valence electrons. The van der Waals surface area contributed by atoms with E-state index in [-0.39, 0.29) is 16.8 Å². The van der Waals surface area contributed by atoms with Gasteiger partial charge in [-0.2, -0.15) is 0 Å². The number of aromatic amines is 1. The molecule has 3 aromatic rings. The van der Waals surface area contributed by atoms with Gasteiger partial charge in [0, 0.05) is 5.56 Å². The molecule has 4 rings (SSSR count). The fourth-order valence-corrected chi connectivity index (χ4v) is 4.22. The summed E-state index contributed by atoms with van der Waals surface area (Å²) in [5, 5.41) is 0. The van der Waals surface area contributed by atoms with Crippen LogP contribution in [0.5, 0.6) is 0 Å². The van der Waals surface area contributed by atoms with Crippen LogP contribution in [0.15, 0.2) is 36.4 Å². The smallest absolute Gasteiger partial charge is 0.338 e. The van der Waals surface area contributed by atoms with Crippen LogP contribution >= 0.6 is 0 Å². The van der Waals surface area contributed by atoms with Crippen molar-refractivity contribution in [3.05, 3.63) is 53.1 Å². The molecular formula is C24H28N2O2. The first-order valence-corrected chi connectivity index (χ1v) is 10.0. The highest BCUT2D eigenvalue weighted by atomic mass is 16.5. The van der Waals surface area contributed by atoms with Gasteiger partial charge in [-0.05, 0) is 66.0 Å². The zero-order valence-electron chi connectivity index (χ0n) is 17.3. The standard InChI is InChI=1S/C24H28N2O2/c1-6-28-22(27)16-8-10-19-20(14-16)26-21(25-19)15-7-9-17-18(13-15)24(4,5)12-11-23(17,2)3/h7-10,13-14H,6,11-12H2,1-5H3,(H,25,26). The van der Waals surface area contributed by atoms with Crippen LogP contribution in [0.3, 0.4) is 0 Å². The Balaban J connectivity index is 1.77. The first kappa shape index (κ1) is 18.7. The van der Waals surface area contributed by atoms with Crippen molar-refractivity contribution in [3.63, 3.8) is 0 Å². The maximum atomic E-state index is 12.0.